The molecule has 0 saturated carbocycles. The van der Waals surface area contributed by atoms with Crippen molar-refractivity contribution in [1.82, 2.24) is 14.8 Å². The number of aromatic nitrogens is 1. The first-order valence-corrected chi connectivity index (χ1v) is 13.2. The Morgan fingerprint density at radius 1 is 0.872 bits per heavy atom. The summed E-state index contributed by atoms with van der Waals surface area (Å²) in [5.41, 5.74) is 2.81. The molecule has 2 saturated heterocycles. The number of hydrogen-bond acceptors (Lipinski definition) is 5. The van der Waals surface area contributed by atoms with Crippen LogP contribution in [0.15, 0.2) is 77.5 Å². The molecule has 7 heteroatoms. The molecule has 4 heterocycles. The number of carbonyl (C=O) groups is 2. The van der Waals surface area contributed by atoms with E-state index in [9.17, 15) is 9.59 Å². The summed E-state index contributed by atoms with van der Waals surface area (Å²) in [5, 5.41) is 0.848. The third-order valence-corrected chi connectivity index (χ3v) is 7.89. The van der Waals surface area contributed by atoms with Crippen LogP contribution in [0, 0.1) is 17.3 Å². The molecular weight excluding hydrogens is 490 g/mol. The molecule has 2 aromatic heterocycles. The Morgan fingerprint density at radius 2 is 1.62 bits per heavy atom. The van der Waals surface area contributed by atoms with Gasteiger partial charge in [-0.05, 0) is 55.0 Å². The minimum absolute atomic E-state index is 0.0162. The zero-order valence-corrected chi connectivity index (χ0v) is 21.9. The lowest BCUT2D eigenvalue weighted by molar-refractivity contribution is 0.0542. The molecule has 0 aliphatic carbocycles. The Labute approximate surface area is 227 Å². The molecule has 4 aromatic rings. The van der Waals surface area contributed by atoms with E-state index in [1.807, 2.05) is 64.4 Å². The smallest absolute Gasteiger partial charge is 0.289 e. The Balaban J connectivity index is 1.09. The number of ether oxygens (including phenoxy) is 1. The SMILES string of the molecule is COc1cccc2cc(C(=O)N3CCC4(CCN(C(=O)c5cncc(C#Cc6ccccc6)c5)C4)CC3)oc12. The van der Waals surface area contributed by atoms with Gasteiger partial charge < -0.3 is 19.0 Å². The average Bonchev–Trinajstić information content (AvgIpc) is 3.61. The Morgan fingerprint density at radius 3 is 2.38 bits per heavy atom. The van der Waals surface area contributed by atoms with Gasteiger partial charge in [-0.15, -0.1) is 0 Å². The van der Waals surface area contributed by atoms with E-state index in [2.05, 4.69) is 16.8 Å². The average molecular weight is 520 g/mol. The monoisotopic (exact) mass is 519 g/mol. The van der Waals surface area contributed by atoms with Crippen LogP contribution in [0.4, 0.5) is 0 Å². The number of carbonyl (C=O) groups excluding carboxylic acids is 2. The number of benzene rings is 2. The lowest BCUT2D eigenvalue weighted by atomic mass is 9.77. The van der Waals surface area contributed by atoms with Crippen LogP contribution in [0.2, 0.25) is 0 Å². The standard InChI is InChI=1S/C32H29N3O4/c1-38-27-9-5-8-25-19-28(39-29(25)27)31(37)34-15-12-32(13-16-34)14-17-35(22-32)30(36)26-18-24(20-33-21-26)11-10-23-6-3-2-4-7-23/h2-9,18-21H,12-17,22H2,1H3. The van der Waals surface area contributed by atoms with Gasteiger partial charge in [0.15, 0.2) is 17.1 Å². The second-order valence-corrected chi connectivity index (χ2v) is 10.3. The van der Waals surface area contributed by atoms with Crippen LogP contribution < -0.4 is 4.74 Å². The van der Waals surface area contributed by atoms with E-state index in [0.717, 1.165) is 30.2 Å². The topological polar surface area (TPSA) is 75.9 Å². The Kier molecular flexibility index (Phi) is 6.54. The van der Waals surface area contributed by atoms with Gasteiger partial charge in [-0.3, -0.25) is 14.6 Å². The molecular formula is C32H29N3O4. The molecule has 0 bridgehead atoms. The highest BCUT2D eigenvalue weighted by molar-refractivity contribution is 5.97. The highest BCUT2D eigenvalue weighted by Crippen LogP contribution is 2.41. The predicted molar refractivity (Wildman–Crippen MR) is 148 cm³/mol. The van der Waals surface area contributed by atoms with Gasteiger partial charge in [0, 0.05) is 55.1 Å². The molecule has 39 heavy (non-hydrogen) atoms. The first kappa shape index (κ1) is 24.7. The number of likely N-dealkylation sites (tertiary alicyclic amines) is 2. The van der Waals surface area contributed by atoms with Crippen LogP contribution >= 0.6 is 0 Å². The fraction of sp³-hybridized carbons (Fsp3) is 0.281. The molecule has 1 spiro atoms. The lowest BCUT2D eigenvalue weighted by Crippen LogP contribution is -2.44. The number of rotatable bonds is 3. The van der Waals surface area contributed by atoms with E-state index >= 15 is 0 Å². The molecule has 0 radical (unpaired) electrons. The summed E-state index contributed by atoms with van der Waals surface area (Å²) >= 11 is 0. The number of nitrogens with zero attached hydrogens (tertiary/aromatic N) is 3. The number of hydrogen-bond donors (Lipinski definition) is 0. The van der Waals surface area contributed by atoms with Crippen molar-refractivity contribution in [3.05, 3.63) is 95.5 Å². The number of para-hydroxylation sites is 1. The van der Waals surface area contributed by atoms with E-state index in [4.69, 9.17) is 9.15 Å². The van der Waals surface area contributed by atoms with E-state index in [1.54, 1.807) is 25.6 Å². The van der Waals surface area contributed by atoms with Gasteiger partial charge in [0.1, 0.15) is 0 Å². The highest BCUT2D eigenvalue weighted by Gasteiger charge is 2.43. The van der Waals surface area contributed by atoms with E-state index in [0.29, 0.717) is 54.4 Å². The summed E-state index contributed by atoms with van der Waals surface area (Å²) in [4.78, 5) is 34.6. The molecule has 0 atom stereocenters. The van der Waals surface area contributed by atoms with Gasteiger partial charge in [0.05, 0.1) is 12.7 Å². The van der Waals surface area contributed by atoms with Crippen molar-refractivity contribution in [2.75, 3.05) is 33.3 Å². The van der Waals surface area contributed by atoms with Crippen molar-refractivity contribution >= 4 is 22.8 Å². The minimum Gasteiger partial charge on any atom is -0.493 e. The molecule has 2 aliphatic rings. The molecule has 2 aromatic carbocycles. The fourth-order valence-electron chi connectivity index (χ4n) is 5.63. The second kappa shape index (κ2) is 10.3. The molecule has 0 N–H and O–H groups in total. The van der Waals surface area contributed by atoms with Gasteiger partial charge in [-0.2, -0.15) is 0 Å². The third-order valence-electron chi connectivity index (χ3n) is 7.89. The van der Waals surface area contributed by atoms with Crippen molar-refractivity contribution < 1.29 is 18.7 Å². The molecule has 7 nitrogen and oxygen atoms in total. The maximum Gasteiger partial charge on any atom is 0.289 e. The predicted octanol–water partition coefficient (Wildman–Crippen LogP) is 5.00. The first-order chi connectivity index (χ1) is 19.0. The van der Waals surface area contributed by atoms with Gasteiger partial charge in [0.25, 0.3) is 11.8 Å². The first-order valence-electron chi connectivity index (χ1n) is 13.2. The van der Waals surface area contributed by atoms with Crippen LogP contribution in [-0.4, -0.2) is 59.9 Å². The van der Waals surface area contributed by atoms with Gasteiger partial charge in [0.2, 0.25) is 0 Å². The zero-order valence-electron chi connectivity index (χ0n) is 21.9. The molecule has 196 valence electrons. The summed E-state index contributed by atoms with van der Waals surface area (Å²) in [7, 11) is 1.59. The van der Waals surface area contributed by atoms with Crippen molar-refractivity contribution in [3.63, 3.8) is 0 Å². The minimum atomic E-state index is -0.103. The summed E-state index contributed by atoms with van der Waals surface area (Å²) in [6, 6.07) is 19.0. The van der Waals surface area contributed by atoms with Crippen LogP contribution in [0.1, 0.15) is 51.3 Å². The molecule has 6 rings (SSSR count). The van der Waals surface area contributed by atoms with Crippen LogP contribution in [-0.2, 0) is 0 Å². The molecule has 2 amide bonds. The van der Waals surface area contributed by atoms with Crippen molar-refractivity contribution in [3.8, 4) is 17.6 Å². The number of fused-ring (bicyclic) bond motifs is 1. The number of amides is 2. The zero-order chi connectivity index (χ0) is 26.8. The van der Waals surface area contributed by atoms with E-state index < -0.39 is 0 Å². The van der Waals surface area contributed by atoms with Gasteiger partial charge >= 0.3 is 0 Å². The third kappa shape index (κ3) is 4.98. The van der Waals surface area contributed by atoms with E-state index in [-0.39, 0.29) is 17.2 Å². The van der Waals surface area contributed by atoms with E-state index in [1.165, 1.54) is 0 Å². The van der Waals surface area contributed by atoms with Crippen molar-refractivity contribution in [2.45, 2.75) is 19.3 Å². The number of furan rings is 1. The fourth-order valence-corrected chi connectivity index (χ4v) is 5.63. The lowest BCUT2D eigenvalue weighted by Gasteiger charge is -2.39. The molecule has 2 aliphatic heterocycles. The van der Waals surface area contributed by atoms with Crippen molar-refractivity contribution in [2.24, 2.45) is 5.41 Å². The molecule has 2 fully saturated rings. The van der Waals surface area contributed by atoms with Crippen LogP contribution in [0.3, 0.4) is 0 Å². The van der Waals surface area contributed by atoms with Crippen molar-refractivity contribution in [1.29, 1.82) is 0 Å². The highest BCUT2D eigenvalue weighted by atomic mass is 16.5. The summed E-state index contributed by atoms with van der Waals surface area (Å²) in [6.07, 6.45) is 5.94. The number of pyridine rings is 1. The Bertz CT molecular complexity index is 1590. The molecule has 0 unspecified atom stereocenters. The normalized spacial score (nSPS) is 16.2. The maximum atomic E-state index is 13.3. The summed E-state index contributed by atoms with van der Waals surface area (Å²) < 4.78 is 11.3. The largest absolute Gasteiger partial charge is 0.493 e. The maximum absolute atomic E-state index is 13.3. The van der Waals surface area contributed by atoms with Crippen LogP contribution in [0.25, 0.3) is 11.0 Å². The van der Waals surface area contributed by atoms with Gasteiger partial charge in [-0.25, -0.2) is 0 Å². The number of methoxy groups -OCH3 is 1. The second-order valence-electron chi connectivity index (χ2n) is 10.3. The summed E-state index contributed by atoms with van der Waals surface area (Å²) in [5.74, 6) is 7.06. The quantitative estimate of drug-likeness (QED) is 0.356. The van der Waals surface area contributed by atoms with Gasteiger partial charge in [-0.1, -0.05) is 42.2 Å². The number of piperidine rings is 1. The van der Waals surface area contributed by atoms with Crippen LogP contribution in [0.5, 0.6) is 5.75 Å². The summed E-state index contributed by atoms with van der Waals surface area (Å²) in [6.45, 7) is 2.67. The Hall–Kier alpha value is -4.57.